The fourth-order valence-electron chi connectivity index (χ4n) is 1.71. The highest BCUT2D eigenvalue weighted by molar-refractivity contribution is 5.76. The van der Waals surface area contributed by atoms with Gasteiger partial charge in [0.1, 0.15) is 5.82 Å². The lowest BCUT2D eigenvalue weighted by Gasteiger charge is -2.26. The van der Waals surface area contributed by atoms with Crippen molar-refractivity contribution in [3.05, 3.63) is 35.1 Å². The van der Waals surface area contributed by atoms with Gasteiger partial charge in [-0.1, -0.05) is 26.0 Å². The molecule has 4 heteroatoms. The summed E-state index contributed by atoms with van der Waals surface area (Å²) in [5, 5.41) is 2.84. The first-order valence-corrected chi connectivity index (χ1v) is 6.10. The van der Waals surface area contributed by atoms with Gasteiger partial charge in [0.05, 0.1) is 0 Å². The Hall–Kier alpha value is -1.42. The summed E-state index contributed by atoms with van der Waals surface area (Å²) >= 11 is 0. The Kier molecular flexibility index (Phi) is 4.84. The quantitative estimate of drug-likeness (QED) is 0.840. The van der Waals surface area contributed by atoms with Crippen molar-refractivity contribution in [1.29, 1.82) is 0 Å². The van der Waals surface area contributed by atoms with Gasteiger partial charge < -0.3 is 11.1 Å². The minimum absolute atomic E-state index is 0.0515. The molecule has 0 heterocycles. The predicted molar refractivity (Wildman–Crippen MR) is 70.8 cm³/mol. The zero-order valence-electron chi connectivity index (χ0n) is 11.2. The summed E-state index contributed by atoms with van der Waals surface area (Å²) in [6.45, 7) is 6.63. The number of amides is 1. The van der Waals surface area contributed by atoms with E-state index in [1.165, 1.54) is 6.07 Å². The van der Waals surface area contributed by atoms with E-state index in [0.29, 0.717) is 25.1 Å². The summed E-state index contributed by atoms with van der Waals surface area (Å²) in [4.78, 5) is 11.4. The van der Waals surface area contributed by atoms with Crippen molar-refractivity contribution >= 4 is 5.91 Å². The molecule has 1 aromatic carbocycles. The van der Waals surface area contributed by atoms with Gasteiger partial charge in [0.2, 0.25) is 5.91 Å². The van der Waals surface area contributed by atoms with Gasteiger partial charge in [0.25, 0.3) is 0 Å². The predicted octanol–water partition coefficient (Wildman–Crippen LogP) is 1.88. The van der Waals surface area contributed by atoms with Gasteiger partial charge in [0, 0.05) is 24.9 Å². The second-order valence-corrected chi connectivity index (χ2v) is 5.16. The maximum atomic E-state index is 13.2. The van der Waals surface area contributed by atoms with Crippen LogP contribution in [0, 0.1) is 12.7 Å². The molecule has 0 bridgehead atoms. The molecular weight excluding hydrogens is 231 g/mol. The van der Waals surface area contributed by atoms with Crippen LogP contribution in [0.2, 0.25) is 0 Å². The molecule has 18 heavy (non-hydrogen) atoms. The van der Waals surface area contributed by atoms with Gasteiger partial charge in [-0.3, -0.25) is 4.79 Å². The van der Waals surface area contributed by atoms with Crippen molar-refractivity contribution < 1.29 is 9.18 Å². The van der Waals surface area contributed by atoms with E-state index in [4.69, 9.17) is 5.73 Å². The molecule has 1 amide bonds. The third-order valence-electron chi connectivity index (χ3n) is 3.04. The number of benzene rings is 1. The molecular formula is C14H21FN2O. The van der Waals surface area contributed by atoms with Crippen LogP contribution < -0.4 is 11.1 Å². The smallest absolute Gasteiger partial charge is 0.221 e. The number of hydrogen-bond acceptors (Lipinski definition) is 2. The molecule has 0 saturated heterocycles. The van der Waals surface area contributed by atoms with Crippen molar-refractivity contribution in [3.63, 3.8) is 0 Å². The number of nitrogens with two attached hydrogens (primary N) is 1. The summed E-state index contributed by atoms with van der Waals surface area (Å²) in [7, 11) is 0. The Balaban J connectivity index is 2.73. The Labute approximate surface area is 108 Å². The fraction of sp³-hybridized carbons (Fsp3) is 0.500. The standard InChI is InChI=1S/C14H21FN2O/c1-10-8-11(4-5-12(10)15)14(2,3)9-17-13(18)6-7-16/h4-5,8H,6-7,9,16H2,1-3H3,(H,17,18). The van der Waals surface area contributed by atoms with Crippen LogP contribution >= 0.6 is 0 Å². The molecule has 0 spiro atoms. The number of aryl methyl sites for hydroxylation is 1. The molecule has 1 rings (SSSR count). The van der Waals surface area contributed by atoms with Gasteiger partial charge >= 0.3 is 0 Å². The lowest BCUT2D eigenvalue weighted by molar-refractivity contribution is -0.121. The highest BCUT2D eigenvalue weighted by atomic mass is 19.1. The van der Waals surface area contributed by atoms with E-state index in [-0.39, 0.29) is 17.1 Å². The zero-order valence-corrected chi connectivity index (χ0v) is 11.2. The Morgan fingerprint density at radius 1 is 1.44 bits per heavy atom. The Bertz CT molecular complexity index is 430. The summed E-state index contributed by atoms with van der Waals surface area (Å²) in [5.74, 6) is -0.258. The first kappa shape index (κ1) is 14.6. The van der Waals surface area contributed by atoms with Crippen LogP contribution in [0.4, 0.5) is 4.39 Å². The number of carbonyl (C=O) groups excluding carboxylic acids is 1. The molecule has 3 nitrogen and oxygen atoms in total. The van der Waals surface area contributed by atoms with Crippen LogP contribution in [0.15, 0.2) is 18.2 Å². The van der Waals surface area contributed by atoms with E-state index in [2.05, 4.69) is 5.32 Å². The van der Waals surface area contributed by atoms with Crippen LogP contribution in [0.25, 0.3) is 0 Å². The Morgan fingerprint density at radius 2 is 2.11 bits per heavy atom. The minimum Gasteiger partial charge on any atom is -0.355 e. The maximum Gasteiger partial charge on any atom is 0.221 e. The molecule has 0 aliphatic heterocycles. The van der Waals surface area contributed by atoms with Crippen LogP contribution in [-0.2, 0) is 10.2 Å². The van der Waals surface area contributed by atoms with E-state index in [1.807, 2.05) is 19.9 Å². The van der Waals surface area contributed by atoms with Gasteiger partial charge in [-0.15, -0.1) is 0 Å². The maximum absolute atomic E-state index is 13.2. The highest BCUT2D eigenvalue weighted by Gasteiger charge is 2.21. The van der Waals surface area contributed by atoms with Gasteiger partial charge in [-0.2, -0.15) is 0 Å². The van der Waals surface area contributed by atoms with E-state index in [9.17, 15) is 9.18 Å². The normalized spacial score (nSPS) is 11.4. The number of carbonyl (C=O) groups is 1. The number of rotatable bonds is 5. The second kappa shape index (κ2) is 5.96. The van der Waals surface area contributed by atoms with E-state index in [1.54, 1.807) is 13.0 Å². The molecule has 0 aromatic heterocycles. The van der Waals surface area contributed by atoms with Crippen LogP contribution in [-0.4, -0.2) is 19.0 Å². The first-order valence-electron chi connectivity index (χ1n) is 6.10. The SMILES string of the molecule is Cc1cc(C(C)(C)CNC(=O)CCN)ccc1F. The molecule has 0 fully saturated rings. The molecule has 0 aliphatic carbocycles. The monoisotopic (exact) mass is 252 g/mol. The fourth-order valence-corrected chi connectivity index (χ4v) is 1.71. The average molecular weight is 252 g/mol. The van der Waals surface area contributed by atoms with Crippen LogP contribution in [0.3, 0.4) is 0 Å². The molecule has 100 valence electrons. The van der Waals surface area contributed by atoms with Crippen molar-refractivity contribution in [3.8, 4) is 0 Å². The molecule has 0 saturated carbocycles. The summed E-state index contributed by atoms with van der Waals surface area (Å²) in [6.07, 6.45) is 0.332. The lowest BCUT2D eigenvalue weighted by Crippen LogP contribution is -2.37. The van der Waals surface area contributed by atoms with E-state index >= 15 is 0 Å². The van der Waals surface area contributed by atoms with Gasteiger partial charge in [-0.25, -0.2) is 4.39 Å². The molecule has 0 radical (unpaired) electrons. The summed E-state index contributed by atoms with van der Waals surface area (Å²) in [5.41, 5.74) is 6.71. The summed E-state index contributed by atoms with van der Waals surface area (Å²) < 4.78 is 13.2. The molecule has 0 unspecified atom stereocenters. The molecule has 0 atom stereocenters. The van der Waals surface area contributed by atoms with Gasteiger partial charge in [0.15, 0.2) is 0 Å². The molecule has 1 aromatic rings. The third-order valence-corrected chi connectivity index (χ3v) is 3.04. The number of halogens is 1. The summed E-state index contributed by atoms with van der Waals surface area (Å²) in [6, 6.07) is 5.05. The minimum atomic E-state index is -0.233. The number of nitrogens with one attached hydrogen (secondary N) is 1. The Morgan fingerprint density at radius 3 is 2.67 bits per heavy atom. The molecule has 0 aliphatic rings. The molecule has 3 N–H and O–H groups in total. The second-order valence-electron chi connectivity index (χ2n) is 5.16. The van der Waals surface area contributed by atoms with E-state index in [0.717, 1.165) is 5.56 Å². The lowest BCUT2D eigenvalue weighted by atomic mass is 9.84. The third kappa shape index (κ3) is 3.81. The van der Waals surface area contributed by atoms with Crippen molar-refractivity contribution in [2.24, 2.45) is 5.73 Å². The van der Waals surface area contributed by atoms with Crippen molar-refractivity contribution in [1.82, 2.24) is 5.32 Å². The topological polar surface area (TPSA) is 55.1 Å². The number of hydrogen-bond donors (Lipinski definition) is 2. The van der Waals surface area contributed by atoms with E-state index < -0.39 is 0 Å². The van der Waals surface area contributed by atoms with Crippen LogP contribution in [0.1, 0.15) is 31.4 Å². The first-order chi connectivity index (χ1) is 8.36. The largest absolute Gasteiger partial charge is 0.355 e. The average Bonchev–Trinajstić information content (AvgIpc) is 2.30. The van der Waals surface area contributed by atoms with Crippen molar-refractivity contribution in [2.75, 3.05) is 13.1 Å². The van der Waals surface area contributed by atoms with Gasteiger partial charge in [-0.05, 0) is 24.1 Å². The van der Waals surface area contributed by atoms with Crippen LogP contribution in [0.5, 0.6) is 0 Å². The highest BCUT2D eigenvalue weighted by Crippen LogP contribution is 2.24. The van der Waals surface area contributed by atoms with Crippen molar-refractivity contribution in [2.45, 2.75) is 32.6 Å². The zero-order chi connectivity index (χ0) is 13.8.